The van der Waals surface area contributed by atoms with Crippen LogP contribution in [0.3, 0.4) is 0 Å². The molecule has 6 heteroatoms. The van der Waals surface area contributed by atoms with E-state index in [0.717, 1.165) is 31.2 Å². The zero-order valence-corrected chi connectivity index (χ0v) is 13.7. The van der Waals surface area contributed by atoms with Crippen molar-refractivity contribution in [2.24, 2.45) is 5.73 Å². The third kappa shape index (κ3) is 5.41. The molecule has 0 heterocycles. The van der Waals surface area contributed by atoms with Crippen molar-refractivity contribution in [3.63, 3.8) is 0 Å². The minimum Gasteiger partial charge on any atom is -0.354 e. The van der Waals surface area contributed by atoms with Gasteiger partial charge < -0.3 is 11.1 Å². The molecule has 0 spiro atoms. The van der Waals surface area contributed by atoms with Crippen LogP contribution in [0, 0.1) is 0 Å². The lowest BCUT2D eigenvalue weighted by Crippen LogP contribution is -2.52. The number of hydrogen-bond donors (Lipinski definition) is 2. The summed E-state index contributed by atoms with van der Waals surface area (Å²) >= 11 is 0. The Labute approximate surface area is 134 Å². The van der Waals surface area contributed by atoms with Crippen molar-refractivity contribution in [1.29, 1.82) is 0 Å². The second-order valence-electron chi connectivity index (χ2n) is 5.39. The normalized spacial score (nSPS) is 17.8. The smallest absolute Gasteiger partial charge is 0.240 e. The van der Waals surface area contributed by atoms with E-state index in [1.165, 1.54) is 0 Å². The molecule has 1 aliphatic carbocycles. The van der Waals surface area contributed by atoms with Gasteiger partial charge in [-0.15, -0.1) is 12.4 Å². The van der Waals surface area contributed by atoms with E-state index in [-0.39, 0.29) is 18.3 Å². The molecule has 1 aromatic carbocycles. The number of rotatable bonds is 6. The Balaban J connectivity index is 0.00000220. The molecule has 21 heavy (non-hydrogen) atoms. The molecule has 1 unspecified atom stereocenters. The van der Waals surface area contributed by atoms with Gasteiger partial charge in [-0.25, -0.2) is 0 Å². The van der Waals surface area contributed by atoms with Gasteiger partial charge in [0.05, 0.1) is 5.54 Å². The lowest BCUT2D eigenvalue weighted by atomic mass is 9.98. The molecular formula is C15H23ClN2O2S. The van der Waals surface area contributed by atoms with E-state index in [2.05, 4.69) is 5.32 Å². The third-order valence-corrected chi connectivity index (χ3v) is 5.05. The van der Waals surface area contributed by atoms with Gasteiger partial charge in [0, 0.05) is 28.9 Å². The Kier molecular flexibility index (Phi) is 7.35. The monoisotopic (exact) mass is 330 g/mol. The number of halogens is 1. The van der Waals surface area contributed by atoms with Crippen LogP contribution in [0.4, 0.5) is 0 Å². The van der Waals surface area contributed by atoms with Crippen LogP contribution in [0.15, 0.2) is 30.3 Å². The van der Waals surface area contributed by atoms with E-state index >= 15 is 0 Å². The largest absolute Gasteiger partial charge is 0.354 e. The molecule has 118 valence electrons. The van der Waals surface area contributed by atoms with E-state index in [1.54, 1.807) is 0 Å². The minimum absolute atomic E-state index is 0. The number of carbonyl (C=O) groups excluding carboxylic acids is 1. The zero-order valence-electron chi connectivity index (χ0n) is 12.0. The Morgan fingerprint density at radius 2 is 1.86 bits per heavy atom. The van der Waals surface area contributed by atoms with E-state index in [1.807, 2.05) is 30.3 Å². The summed E-state index contributed by atoms with van der Waals surface area (Å²) in [6.07, 6.45) is 3.55. The van der Waals surface area contributed by atoms with E-state index in [4.69, 9.17) is 5.73 Å². The van der Waals surface area contributed by atoms with Crippen LogP contribution >= 0.6 is 12.4 Å². The van der Waals surface area contributed by atoms with Gasteiger partial charge in [0.15, 0.2) is 0 Å². The summed E-state index contributed by atoms with van der Waals surface area (Å²) in [5.74, 6) is 0.910. The Bertz CT molecular complexity index is 476. The van der Waals surface area contributed by atoms with Gasteiger partial charge in [-0.3, -0.25) is 9.00 Å². The van der Waals surface area contributed by atoms with Gasteiger partial charge in [-0.05, 0) is 18.4 Å². The summed E-state index contributed by atoms with van der Waals surface area (Å²) in [6.45, 7) is 0.428. The van der Waals surface area contributed by atoms with Crippen molar-refractivity contribution in [3.8, 4) is 0 Å². The summed E-state index contributed by atoms with van der Waals surface area (Å²) in [6, 6.07) is 9.74. The molecule has 1 saturated carbocycles. The van der Waals surface area contributed by atoms with Gasteiger partial charge in [-0.2, -0.15) is 0 Å². The maximum atomic E-state index is 12.0. The average Bonchev–Trinajstić information content (AvgIpc) is 2.88. The SMILES string of the molecule is Cl.NC1(C(=O)NCCS(=O)Cc2ccccc2)CCCC1. The molecule has 0 saturated heterocycles. The highest BCUT2D eigenvalue weighted by Gasteiger charge is 2.36. The van der Waals surface area contributed by atoms with Crippen LogP contribution in [0.5, 0.6) is 0 Å². The number of hydrogen-bond acceptors (Lipinski definition) is 3. The maximum absolute atomic E-state index is 12.0. The summed E-state index contributed by atoms with van der Waals surface area (Å²) in [5.41, 5.74) is 6.42. The van der Waals surface area contributed by atoms with Crippen molar-refractivity contribution in [2.45, 2.75) is 37.0 Å². The first-order valence-corrected chi connectivity index (χ1v) is 8.55. The molecule has 1 aromatic rings. The minimum atomic E-state index is -0.958. The van der Waals surface area contributed by atoms with Crippen molar-refractivity contribution >= 4 is 29.1 Å². The molecule has 4 nitrogen and oxygen atoms in total. The van der Waals surface area contributed by atoms with Gasteiger partial charge >= 0.3 is 0 Å². The van der Waals surface area contributed by atoms with Crippen LogP contribution in [-0.4, -0.2) is 28.0 Å². The Morgan fingerprint density at radius 1 is 1.24 bits per heavy atom. The first-order valence-electron chi connectivity index (χ1n) is 7.06. The fourth-order valence-electron chi connectivity index (χ4n) is 2.52. The van der Waals surface area contributed by atoms with Crippen LogP contribution in [0.1, 0.15) is 31.2 Å². The first kappa shape index (κ1) is 18.1. The van der Waals surface area contributed by atoms with Crippen LogP contribution in [-0.2, 0) is 21.3 Å². The van der Waals surface area contributed by atoms with Crippen molar-refractivity contribution in [1.82, 2.24) is 5.32 Å². The molecule has 0 bridgehead atoms. The number of carbonyl (C=O) groups is 1. The lowest BCUT2D eigenvalue weighted by molar-refractivity contribution is -0.126. The van der Waals surface area contributed by atoms with Crippen LogP contribution in [0.25, 0.3) is 0 Å². The van der Waals surface area contributed by atoms with Crippen molar-refractivity contribution in [3.05, 3.63) is 35.9 Å². The van der Waals surface area contributed by atoms with Crippen molar-refractivity contribution < 1.29 is 9.00 Å². The molecule has 0 aliphatic heterocycles. The summed E-state index contributed by atoms with van der Waals surface area (Å²) in [5, 5.41) is 2.82. The second-order valence-corrected chi connectivity index (χ2v) is 6.97. The highest BCUT2D eigenvalue weighted by Crippen LogP contribution is 2.27. The highest BCUT2D eigenvalue weighted by atomic mass is 35.5. The van der Waals surface area contributed by atoms with Crippen LogP contribution in [0.2, 0.25) is 0 Å². The molecule has 2 rings (SSSR count). The standard InChI is InChI=1S/C15H22N2O2S.ClH/c16-15(8-4-5-9-15)14(18)17-10-11-20(19)12-13-6-2-1-3-7-13;/h1-3,6-7H,4-5,8-12,16H2,(H,17,18);1H. The highest BCUT2D eigenvalue weighted by molar-refractivity contribution is 7.84. The van der Waals surface area contributed by atoms with E-state index in [9.17, 15) is 9.00 Å². The fraction of sp³-hybridized carbons (Fsp3) is 0.533. The molecule has 1 fully saturated rings. The number of nitrogens with one attached hydrogen (secondary N) is 1. The molecule has 0 radical (unpaired) electrons. The predicted molar refractivity (Wildman–Crippen MR) is 88.8 cm³/mol. The molecule has 3 N–H and O–H groups in total. The quantitative estimate of drug-likeness (QED) is 0.834. The van der Waals surface area contributed by atoms with Crippen LogP contribution < -0.4 is 11.1 Å². The predicted octanol–water partition coefficient (Wildman–Crippen LogP) is 1.74. The summed E-state index contributed by atoms with van der Waals surface area (Å²) in [7, 11) is -0.958. The Morgan fingerprint density at radius 3 is 2.48 bits per heavy atom. The number of benzene rings is 1. The van der Waals surface area contributed by atoms with Crippen molar-refractivity contribution in [2.75, 3.05) is 12.3 Å². The second kappa shape index (κ2) is 8.51. The maximum Gasteiger partial charge on any atom is 0.240 e. The zero-order chi connectivity index (χ0) is 14.4. The molecule has 1 aliphatic rings. The molecule has 1 amide bonds. The van der Waals surface area contributed by atoms with E-state index in [0.29, 0.717) is 18.1 Å². The number of amides is 1. The molecule has 0 aromatic heterocycles. The number of nitrogens with two attached hydrogens (primary N) is 1. The first-order chi connectivity index (χ1) is 9.60. The van der Waals surface area contributed by atoms with E-state index < -0.39 is 16.3 Å². The van der Waals surface area contributed by atoms with Gasteiger partial charge in [0.2, 0.25) is 5.91 Å². The lowest BCUT2D eigenvalue weighted by Gasteiger charge is -2.22. The van der Waals surface area contributed by atoms with Gasteiger partial charge in [0.25, 0.3) is 0 Å². The van der Waals surface area contributed by atoms with Gasteiger partial charge in [-0.1, -0.05) is 43.2 Å². The Hall–Kier alpha value is -0.910. The summed E-state index contributed by atoms with van der Waals surface area (Å²) < 4.78 is 11.9. The molecular weight excluding hydrogens is 308 g/mol. The summed E-state index contributed by atoms with van der Waals surface area (Å²) in [4.78, 5) is 12.0. The van der Waals surface area contributed by atoms with Gasteiger partial charge in [0.1, 0.15) is 0 Å². The topological polar surface area (TPSA) is 72.2 Å². The fourth-order valence-corrected chi connectivity index (χ4v) is 3.56. The average molecular weight is 331 g/mol. The third-order valence-electron chi connectivity index (χ3n) is 3.73. The molecule has 1 atom stereocenters.